The van der Waals surface area contributed by atoms with Crippen LogP contribution < -0.4 is 11.5 Å². The van der Waals surface area contributed by atoms with E-state index in [1.165, 1.54) is 0 Å². The zero-order valence-electron chi connectivity index (χ0n) is 22.7. The van der Waals surface area contributed by atoms with Gasteiger partial charge in [-0.2, -0.15) is 0 Å². The molecule has 5 N–H and O–H groups in total. The van der Waals surface area contributed by atoms with Crippen LogP contribution in [0.25, 0.3) is 0 Å². The molecular formula is C31H66N2O11S. The molecule has 0 bridgehead atoms. The summed E-state index contributed by atoms with van der Waals surface area (Å²) in [6.45, 7) is 2.67. The first kappa shape index (κ1) is 58.0. The van der Waals surface area contributed by atoms with Crippen LogP contribution in [-0.4, -0.2) is 94.6 Å². The summed E-state index contributed by atoms with van der Waals surface area (Å²) < 4.78 is 28.0. The molecule has 4 atom stereocenters. The van der Waals surface area contributed by atoms with E-state index >= 15 is 0 Å². The van der Waals surface area contributed by atoms with Crippen molar-refractivity contribution >= 4 is 46.0 Å². The van der Waals surface area contributed by atoms with Crippen molar-refractivity contribution in [3.63, 3.8) is 0 Å². The quantitative estimate of drug-likeness (QED) is 0.0992. The predicted octanol–water partition coefficient (Wildman–Crippen LogP) is 3.31. The maximum Gasteiger partial charge on any atom is 0.305 e. The zero-order chi connectivity index (χ0) is 29.8. The van der Waals surface area contributed by atoms with Gasteiger partial charge in [0.2, 0.25) is 5.91 Å². The summed E-state index contributed by atoms with van der Waals surface area (Å²) in [6, 6.07) is -1.18. The molecule has 1 amide bonds. The van der Waals surface area contributed by atoms with Crippen molar-refractivity contribution < 1.29 is 52.3 Å². The average Bonchev–Trinajstić information content (AvgIpc) is 2.89. The molecule has 272 valence electrons. The van der Waals surface area contributed by atoms with Crippen molar-refractivity contribution in [1.82, 2.24) is 0 Å². The summed E-state index contributed by atoms with van der Waals surface area (Å²) in [4.78, 5) is 70.2. The largest absolute Gasteiger partial charge is 0.462 e. The summed E-state index contributed by atoms with van der Waals surface area (Å²) in [7, 11) is -1.70. The Morgan fingerprint density at radius 1 is 0.778 bits per heavy atom. The molecule has 0 radical (unpaired) electrons. The number of Topliss-reactive ketones (excluding diaryl/α,β-unsaturated/α-hetero) is 3. The van der Waals surface area contributed by atoms with Crippen LogP contribution in [0.15, 0.2) is 0 Å². The van der Waals surface area contributed by atoms with Crippen LogP contribution >= 0.6 is 0 Å². The minimum absolute atomic E-state index is 0. The fourth-order valence-electron chi connectivity index (χ4n) is 3.14. The van der Waals surface area contributed by atoms with Gasteiger partial charge in [-0.05, 0) is 6.42 Å². The summed E-state index contributed by atoms with van der Waals surface area (Å²) >= 11 is 0. The Kier molecular flexibility index (Phi) is 44.3. The van der Waals surface area contributed by atoms with E-state index < -0.39 is 59.1 Å². The summed E-state index contributed by atoms with van der Waals surface area (Å²) in [5, 5.41) is 9.59. The van der Waals surface area contributed by atoms with Crippen molar-refractivity contribution in [1.29, 1.82) is 0 Å². The molecule has 0 saturated carbocycles. The average molecular weight is 675 g/mol. The highest BCUT2D eigenvalue weighted by Gasteiger charge is 2.26. The van der Waals surface area contributed by atoms with Crippen molar-refractivity contribution in [2.45, 2.75) is 122 Å². The molecule has 0 aromatic carbocycles. The number of carbonyl (C=O) groups excluding carboxylic acids is 6. The Morgan fingerprint density at radius 3 is 1.87 bits per heavy atom. The molecule has 0 saturated heterocycles. The second kappa shape index (κ2) is 34.3. The molecule has 0 aromatic rings. The number of amides is 1. The van der Waals surface area contributed by atoms with Crippen LogP contribution in [0.3, 0.4) is 0 Å². The lowest BCUT2D eigenvalue weighted by molar-refractivity contribution is -0.157. The third kappa shape index (κ3) is 29.9. The number of nitrogens with two attached hydrogens (primary N) is 2. The monoisotopic (exact) mass is 674 g/mol. The van der Waals surface area contributed by atoms with Crippen molar-refractivity contribution in [2.24, 2.45) is 17.4 Å². The van der Waals surface area contributed by atoms with Crippen LogP contribution in [0.2, 0.25) is 0 Å². The molecule has 4 unspecified atom stereocenters. The van der Waals surface area contributed by atoms with Gasteiger partial charge >= 0.3 is 11.9 Å². The summed E-state index contributed by atoms with van der Waals surface area (Å²) in [6.07, 6.45) is -0.575. The molecule has 0 rings (SSSR count). The van der Waals surface area contributed by atoms with Gasteiger partial charge in [0.05, 0.1) is 25.0 Å². The maximum absolute atomic E-state index is 12.6. The smallest absolute Gasteiger partial charge is 0.305 e. The third-order valence-corrected chi connectivity index (χ3v) is 6.94. The van der Waals surface area contributed by atoms with Gasteiger partial charge in [-0.25, -0.2) is 0 Å². The molecule has 0 aliphatic heterocycles. The second-order valence-corrected chi connectivity index (χ2v) is 10.4. The lowest BCUT2D eigenvalue weighted by Crippen LogP contribution is -2.40. The zero-order valence-corrected chi connectivity index (χ0v) is 23.5. The Bertz CT molecular complexity index is 853. The predicted molar refractivity (Wildman–Crippen MR) is 181 cm³/mol. The number of rotatable bonds is 24. The van der Waals surface area contributed by atoms with E-state index in [9.17, 15) is 38.1 Å². The van der Waals surface area contributed by atoms with E-state index in [0.717, 1.165) is 0 Å². The van der Waals surface area contributed by atoms with Crippen molar-refractivity contribution in [2.75, 3.05) is 37.9 Å². The first-order valence-electron chi connectivity index (χ1n) is 12.9. The number of primary amides is 1. The lowest BCUT2D eigenvalue weighted by Gasteiger charge is -2.19. The number of aliphatic hydroxyl groups is 1. The second-order valence-electron chi connectivity index (χ2n) is 8.87. The first-order chi connectivity index (χ1) is 18.4. The van der Waals surface area contributed by atoms with Crippen LogP contribution in [0.5, 0.6) is 0 Å². The van der Waals surface area contributed by atoms with Crippen LogP contribution in [0.4, 0.5) is 0 Å². The summed E-state index contributed by atoms with van der Waals surface area (Å²) in [5.41, 5.74) is 10.9. The molecule has 0 aliphatic rings. The van der Waals surface area contributed by atoms with Crippen LogP contribution in [0, 0.1) is 5.92 Å². The Hall–Kier alpha value is -2.55. The molecule has 13 nitrogen and oxygen atoms in total. The number of hydrogen-bond donors (Lipinski definition) is 3. The molecule has 0 heterocycles. The van der Waals surface area contributed by atoms with E-state index in [1.54, 1.807) is 13.8 Å². The van der Waals surface area contributed by atoms with Gasteiger partial charge in [0.1, 0.15) is 24.3 Å². The number of hydrogen-bond acceptors (Lipinski definition) is 12. The van der Waals surface area contributed by atoms with E-state index in [2.05, 4.69) is 0 Å². The van der Waals surface area contributed by atoms with Gasteiger partial charge in [-0.3, -0.25) is 33.0 Å². The van der Waals surface area contributed by atoms with E-state index in [4.69, 9.17) is 25.7 Å². The van der Waals surface area contributed by atoms with Gasteiger partial charge in [0, 0.05) is 74.0 Å². The Balaban J connectivity index is -0.000000481. The van der Waals surface area contributed by atoms with Gasteiger partial charge in [0.15, 0.2) is 5.78 Å². The van der Waals surface area contributed by atoms with Gasteiger partial charge in [0.25, 0.3) is 0 Å². The highest BCUT2D eigenvalue weighted by atomic mass is 32.2. The standard InChI is InChI=1S/C25H42N2O11S.6CH4/c1-3-24(33)37-14-19(38-25(34)4-2)15-39(35)16-20(26)22(31)12-17(13-28)21(30)6-5-10-36-11-9-18(29)7-8-23(27)32;;;;;;/h17,19-20,28H,3-16,26H2,1-2H3,(H2,27,32);6*1H4. The highest BCUT2D eigenvalue weighted by molar-refractivity contribution is 7.85. The molecule has 0 spiro atoms. The first-order valence-corrected chi connectivity index (χ1v) is 14.4. The van der Waals surface area contributed by atoms with E-state index in [-0.39, 0.29) is 132 Å². The molecule has 14 heteroatoms. The molecule has 0 aliphatic carbocycles. The van der Waals surface area contributed by atoms with Gasteiger partial charge in [-0.1, -0.05) is 58.4 Å². The Morgan fingerprint density at radius 2 is 1.36 bits per heavy atom. The normalized spacial score (nSPS) is 12.2. The Labute approximate surface area is 275 Å². The molecular weight excluding hydrogens is 608 g/mol. The number of aliphatic hydroxyl groups excluding tert-OH is 1. The molecule has 0 fully saturated rings. The number of ketones is 3. The van der Waals surface area contributed by atoms with Gasteiger partial charge in [-0.15, -0.1) is 0 Å². The highest BCUT2D eigenvalue weighted by Crippen LogP contribution is 2.12. The minimum Gasteiger partial charge on any atom is -0.462 e. The topological polar surface area (TPSA) is 219 Å². The van der Waals surface area contributed by atoms with Crippen molar-refractivity contribution in [3.05, 3.63) is 0 Å². The molecule has 0 aromatic heterocycles. The maximum atomic E-state index is 12.6. The SMILES string of the molecule is C.C.C.C.C.C.CCC(=O)OCC(CS(=O)CC(N)C(=O)CC(CO)C(=O)CCCOCCC(=O)CCC(N)=O)OC(=O)CC. The van der Waals surface area contributed by atoms with Crippen LogP contribution in [0.1, 0.15) is 110 Å². The minimum atomic E-state index is -1.70. The number of ether oxygens (including phenoxy) is 3. The number of carbonyl (C=O) groups is 6. The molecule has 45 heavy (non-hydrogen) atoms. The van der Waals surface area contributed by atoms with E-state index in [1.807, 2.05) is 0 Å². The lowest BCUT2D eigenvalue weighted by atomic mass is 9.93. The fourth-order valence-corrected chi connectivity index (χ4v) is 4.45. The van der Waals surface area contributed by atoms with Gasteiger partial charge < -0.3 is 30.8 Å². The fraction of sp³-hybridized carbons (Fsp3) is 0.806. The van der Waals surface area contributed by atoms with Crippen LogP contribution in [-0.2, 0) is 53.8 Å². The number of esters is 2. The van der Waals surface area contributed by atoms with E-state index in [0.29, 0.717) is 6.42 Å². The van der Waals surface area contributed by atoms with Crippen molar-refractivity contribution in [3.8, 4) is 0 Å². The summed E-state index contributed by atoms with van der Waals surface area (Å²) in [5.74, 6) is -4.12. The third-order valence-electron chi connectivity index (χ3n) is 5.47.